The molecule has 2 unspecified atom stereocenters. The number of esters is 1. The van der Waals surface area contributed by atoms with E-state index in [1.807, 2.05) is 0 Å². The molecule has 0 N–H and O–H groups in total. The van der Waals surface area contributed by atoms with Gasteiger partial charge in [-0.2, -0.15) is 0 Å². The second-order valence-corrected chi connectivity index (χ2v) is 7.33. The zero-order valence-corrected chi connectivity index (χ0v) is 17.1. The van der Waals surface area contributed by atoms with Crippen molar-refractivity contribution in [1.82, 2.24) is 4.90 Å². The third-order valence-corrected chi connectivity index (χ3v) is 5.87. The van der Waals surface area contributed by atoms with Crippen LogP contribution < -0.4 is 4.74 Å². The van der Waals surface area contributed by atoms with Crippen molar-refractivity contribution >= 4 is 52.4 Å². The van der Waals surface area contributed by atoms with Crippen molar-refractivity contribution < 1.29 is 27.4 Å². The molecule has 1 aromatic carbocycles. The molecule has 1 aromatic rings. The van der Waals surface area contributed by atoms with E-state index < -0.39 is 35.7 Å². The molecule has 0 aromatic heterocycles. The van der Waals surface area contributed by atoms with Crippen LogP contribution in [-0.2, 0) is 9.53 Å². The summed E-state index contributed by atoms with van der Waals surface area (Å²) in [7, 11) is 1.22. The summed E-state index contributed by atoms with van der Waals surface area (Å²) in [5.41, 5.74) is -0.305. The highest BCUT2D eigenvalue weighted by atomic mass is 35.5. The molecule has 2 atom stereocenters. The second-order valence-electron chi connectivity index (χ2n) is 5.56. The number of hydrogen-bond acceptors (Lipinski definition) is 4. The van der Waals surface area contributed by atoms with Crippen LogP contribution in [0.3, 0.4) is 0 Å². The molecule has 0 bridgehead atoms. The average molecular weight is 467 g/mol. The molecule has 0 saturated carbocycles. The highest BCUT2D eigenvalue weighted by Gasteiger charge is 2.57. The first kappa shape index (κ1) is 22.3. The molecule has 0 amide bonds. The third kappa shape index (κ3) is 4.06. The van der Waals surface area contributed by atoms with Gasteiger partial charge in [-0.3, -0.25) is 0 Å². The van der Waals surface area contributed by atoms with E-state index >= 15 is 0 Å². The van der Waals surface area contributed by atoms with E-state index in [-0.39, 0.29) is 33.1 Å². The number of nitrogens with zero attached hydrogens (tertiary/aromatic N) is 1. The highest BCUT2D eigenvalue weighted by molar-refractivity contribution is 6.42. The van der Waals surface area contributed by atoms with Crippen molar-refractivity contribution in [2.24, 2.45) is 0 Å². The fourth-order valence-electron chi connectivity index (χ4n) is 2.64. The van der Waals surface area contributed by atoms with Gasteiger partial charge in [0, 0.05) is 12.6 Å². The predicted molar refractivity (Wildman–Crippen MR) is 97.4 cm³/mol. The number of ether oxygens (including phenoxy) is 2. The first-order valence-corrected chi connectivity index (χ1v) is 9.10. The smallest absolute Gasteiger partial charge is 0.344 e. The minimum absolute atomic E-state index is 0.121. The molecule has 27 heavy (non-hydrogen) atoms. The van der Waals surface area contributed by atoms with E-state index in [2.05, 4.69) is 0 Å². The van der Waals surface area contributed by atoms with Crippen LogP contribution in [0.2, 0.25) is 5.02 Å². The van der Waals surface area contributed by atoms with E-state index in [0.717, 1.165) is 17.0 Å². The number of benzene rings is 1. The molecule has 0 aliphatic carbocycles. The van der Waals surface area contributed by atoms with E-state index in [1.165, 1.54) is 7.05 Å². The van der Waals surface area contributed by atoms with Crippen molar-refractivity contribution in [2.75, 3.05) is 20.3 Å². The number of carbonyl (C=O) groups is 1. The first-order chi connectivity index (χ1) is 12.5. The van der Waals surface area contributed by atoms with Crippen molar-refractivity contribution in [3.05, 3.63) is 38.7 Å². The summed E-state index contributed by atoms with van der Waals surface area (Å²) in [6.07, 6.45) is -3.13. The number of rotatable bonds is 6. The standard InChI is InChI=1S/C16H14Cl4F3NO3/c1-3-26-11(25)6-27-10-4-7(9(21)5-8(10)17)12-13(18)14(19)24(2)16(12,20)15(22)23/h4-5,12,15H,3,6H2,1-2H3. The molecule has 2 rings (SSSR count). The molecule has 0 saturated heterocycles. The fraction of sp³-hybridized carbons (Fsp3) is 0.438. The van der Waals surface area contributed by atoms with Gasteiger partial charge in [-0.05, 0) is 19.1 Å². The molecule has 4 nitrogen and oxygen atoms in total. The van der Waals surface area contributed by atoms with Crippen molar-refractivity contribution in [1.29, 1.82) is 0 Å². The quantitative estimate of drug-likeness (QED) is 0.324. The predicted octanol–water partition coefficient (Wildman–Crippen LogP) is 5.30. The van der Waals surface area contributed by atoms with Gasteiger partial charge in [0.25, 0.3) is 6.43 Å². The van der Waals surface area contributed by atoms with Crippen molar-refractivity contribution in [2.45, 2.75) is 24.3 Å². The molecular formula is C16H14Cl4F3NO3. The lowest BCUT2D eigenvalue weighted by Gasteiger charge is -2.36. The van der Waals surface area contributed by atoms with Crippen molar-refractivity contribution in [3.8, 4) is 5.75 Å². The van der Waals surface area contributed by atoms with Gasteiger partial charge < -0.3 is 14.4 Å². The van der Waals surface area contributed by atoms with Crippen LogP contribution in [0.5, 0.6) is 5.75 Å². The number of alkyl halides is 3. The Labute approximate surface area is 173 Å². The van der Waals surface area contributed by atoms with Crippen LogP contribution >= 0.6 is 46.4 Å². The van der Waals surface area contributed by atoms with Crippen LogP contribution in [0.4, 0.5) is 13.2 Å². The van der Waals surface area contributed by atoms with E-state index in [1.54, 1.807) is 6.92 Å². The molecule has 1 aliphatic rings. The Bertz CT molecular complexity index is 778. The van der Waals surface area contributed by atoms with Crippen LogP contribution in [0.1, 0.15) is 18.4 Å². The number of likely N-dealkylation sites (N-methyl/N-ethyl adjacent to an activating group) is 1. The minimum atomic E-state index is -3.13. The molecular weight excluding hydrogens is 453 g/mol. The summed E-state index contributed by atoms with van der Waals surface area (Å²) in [5.74, 6) is -3.23. The fourth-order valence-corrected chi connectivity index (χ4v) is 3.92. The monoisotopic (exact) mass is 465 g/mol. The summed E-state index contributed by atoms with van der Waals surface area (Å²) < 4.78 is 52.0. The van der Waals surface area contributed by atoms with Crippen LogP contribution in [0.25, 0.3) is 0 Å². The maximum Gasteiger partial charge on any atom is 0.344 e. The normalized spacial score (nSPS) is 22.6. The molecule has 0 radical (unpaired) electrons. The molecule has 0 fully saturated rings. The Morgan fingerprint density at radius 3 is 2.52 bits per heavy atom. The average Bonchev–Trinajstić information content (AvgIpc) is 2.77. The molecule has 0 spiro atoms. The lowest BCUT2D eigenvalue weighted by atomic mass is 9.91. The topological polar surface area (TPSA) is 38.8 Å². The zero-order chi connectivity index (χ0) is 20.5. The summed E-state index contributed by atoms with van der Waals surface area (Å²) in [4.78, 5) is 9.89. The zero-order valence-electron chi connectivity index (χ0n) is 14.0. The third-order valence-electron chi connectivity index (χ3n) is 3.98. The van der Waals surface area contributed by atoms with Gasteiger partial charge in [0.2, 0.25) is 0 Å². The van der Waals surface area contributed by atoms with E-state index in [0.29, 0.717) is 0 Å². The highest BCUT2D eigenvalue weighted by Crippen LogP contribution is 2.56. The van der Waals surface area contributed by atoms with Gasteiger partial charge in [0.05, 0.1) is 22.6 Å². The summed E-state index contributed by atoms with van der Waals surface area (Å²) >= 11 is 24.1. The van der Waals surface area contributed by atoms with Crippen LogP contribution in [0, 0.1) is 5.82 Å². The summed E-state index contributed by atoms with van der Waals surface area (Å²) in [6, 6.07) is 1.92. The number of hydrogen-bond donors (Lipinski definition) is 0. The lowest BCUT2D eigenvalue weighted by Crippen LogP contribution is -2.47. The molecule has 11 heteroatoms. The summed E-state index contributed by atoms with van der Waals surface area (Å²) in [5, 5.41) is -0.664. The largest absolute Gasteiger partial charge is 0.480 e. The van der Waals surface area contributed by atoms with Gasteiger partial charge in [-0.25, -0.2) is 18.0 Å². The Morgan fingerprint density at radius 2 is 1.96 bits per heavy atom. The Hall–Kier alpha value is -1.02. The minimum Gasteiger partial charge on any atom is -0.480 e. The van der Waals surface area contributed by atoms with Crippen molar-refractivity contribution in [3.63, 3.8) is 0 Å². The Balaban J connectivity index is 2.48. The van der Waals surface area contributed by atoms with Crippen LogP contribution in [-0.4, -0.2) is 42.6 Å². The van der Waals surface area contributed by atoms with Gasteiger partial charge >= 0.3 is 5.97 Å². The van der Waals surface area contributed by atoms with Gasteiger partial charge in [0.1, 0.15) is 16.7 Å². The van der Waals surface area contributed by atoms with E-state index in [4.69, 9.17) is 55.9 Å². The SMILES string of the molecule is CCOC(=O)COc1cc(C2C(Cl)=C(Cl)N(C)C2(Cl)C(F)F)c(F)cc1Cl. The van der Waals surface area contributed by atoms with Gasteiger partial charge in [0.15, 0.2) is 11.6 Å². The van der Waals surface area contributed by atoms with Gasteiger partial charge in [-0.15, -0.1) is 0 Å². The van der Waals surface area contributed by atoms with Crippen LogP contribution in [0.15, 0.2) is 22.3 Å². The molecule has 1 aliphatic heterocycles. The Morgan fingerprint density at radius 1 is 1.33 bits per heavy atom. The molecule has 1 heterocycles. The first-order valence-electron chi connectivity index (χ1n) is 7.59. The summed E-state index contributed by atoms with van der Waals surface area (Å²) in [6.45, 7) is 1.25. The molecule has 150 valence electrons. The van der Waals surface area contributed by atoms with E-state index in [9.17, 15) is 18.0 Å². The number of halogens is 7. The Kier molecular flexibility index (Phi) is 7.06. The van der Waals surface area contributed by atoms with Gasteiger partial charge in [-0.1, -0.05) is 46.4 Å². The lowest BCUT2D eigenvalue weighted by molar-refractivity contribution is -0.145. The second kappa shape index (κ2) is 8.55. The number of carbonyl (C=O) groups excluding carboxylic acids is 1. The maximum absolute atomic E-state index is 14.6. The maximum atomic E-state index is 14.6.